The van der Waals surface area contributed by atoms with Crippen LogP contribution in [0, 0.1) is 0 Å². The number of unbranched alkanes of at least 4 members (excludes halogenated alkanes) is 32. The number of carbonyl (C=O) groups excluding carboxylic acids is 1. The van der Waals surface area contributed by atoms with Gasteiger partial charge in [-0.05, 0) is 44.9 Å². The number of hydrogen-bond acceptors (Lipinski definition) is 4. The Balaban J connectivity index is 3.35. The van der Waals surface area contributed by atoms with E-state index in [-0.39, 0.29) is 12.6 Å². The van der Waals surface area contributed by atoms with E-state index in [1.54, 1.807) is 0 Å². The summed E-state index contributed by atoms with van der Waals surface area (Å²) in [5.74, 6) is -0.210. The number of aliphatic hydroxyl groups excluding tert-OH is 1. The zero-order valence-corrected chi connectivity index (χ0v) is 35.3. The van der Waals surface area contributed by atoms with Crippen molar-refractivity contribution in [3.05, 3.63) is 24.3 Å². The summed E-state index contributed by atoms with van der Waals surface area (Å²) in [5.41, 5.74) is 0. The van der Waals surface area contributed by atoms with Gasteiger partial charge in [-0.1, -0.05) is 224 Å². The van der Waals surface area contributed by atoms with E-state index < -0.39 is 6.10 Å². The Bertz CT molecular complexity index is 732. The summed E-state index contributed by atoms with van der Waals surface area (Å²) in [6.45, 7) is 5.35. The van der Waals surface area contributed by atoms with Crippen molar-refractivity contribution in [1.29, 1.82) is 0 Å². The van der Waals surface area contributed by atoms with Gasteiger partial charge in [0.15, 0.2) is 0 Å². The molecule has 0 amide bonds. The third kappa shape index (κ3) is 43.3. The average Bonchev–Trinajstić information content (AvgIpc) is 3.15. The van der Waals surface area contributed by atoms with Crippen molar-refractivity contribution in [2.45, 2.75) is 258 Å². The molecular weight excluding hydrogens is 641 g/mol. The molecule has 1 atom stereocenters. The minimum Gasteiger partial charge on any atom is -0.457 e. The van der Waals surface area contributed by atoms with Gasteiger partial charge in [0, 0.05) is 13.0 Å². The van der Waals surface area contributed by atoms with E-state index in [1.165, 1.54) is 193 Å². The summed E-state index contributed by atoms with van der Waals surface area (Å²) < 4.78 is 11.2. The Morgan fingerprint density at radius 1 is 0.462 bits per heavy atom. The number of allylic oxidation sites excluding steroid dienone is 4. The van der Waals surface area contributed by atoms with E-state index in [2.05, 4.69) is 38.2 Å². The minimum atomic E-state index is -0.537. The van der Waals surface area contributed by atoms with Crippen LogP contribution in [0.25, 0.3) is 0 Å². The van der Waals surface area contributed by atoms with E-state index in [1.807, 2.05) is 0 Å². The third-order valence-corrected chi connectivity index (χ3v) is 10.5. The second kappa shape index (κ2) is 46.0. The molecule has 0 saturated heterocycles. The van der Waals surface area contributed by atoms with Crippen LogP contribution in [0.3, 0.4) is 0 Å². The number of rotatable bonds is 44. The molecule has 52 heavy (non-hydrogen) atoms. The van der Waals surface area contributed by atoms with Gasteiger partial charge in [0.2, 0.25) is 0 Å². The van der Waals surface area contributed by atoms with Crippen molar-refractivity contribution in [3.63, 3.8) is 0 Å². The molecule has 4 nitrogen and oxygen atoms in total. The first-order chi connectivity index (χ1) is 25.7. The smallest absolute Gasteiger partial charge is 0.306 e. The Morgan fingerprint density at radius 2 is 0.808 bits per heavy atom. The number of hydrogen-bond donors (Lipinski definition) is 1. The fourth-order valence-electron chi connectivity index (χ4n) is 7.01. The zero-order chi connectivity index (χ0) is 37.7. The Labute approximate surface area is 326 Å². The normalized spacial score (nSPS) is 12.4. The molecule has 0 aliphatic carbocycles. The van der Waals surface area contributed by atoms with Gasteiger partial charge in [-0.25, -0.2) is 0 Å². The van der Waals surface area contributed by atoms with Crippen molar-refractivity contribution in [2.75, 3.05) is 19.8 Å². The van der Waals surface area contributed by atoms with Gasteiger partial charge < -0.3 is 14.6 Å². The lowest BCUT2D eigenvalue weighted by atomic mass is 10.0. The predicted octanol–water partition coefficient (Wildman–Crippen LogP) is 15.5. The van der Waals surface area contributed by atoms with Crippen LogP contribution >= 0.6 is 0 Å². The Morgan fingerprint density at radius 3 is 1.23 bits per heavy atom. The highest BCUT2D eigenvalue weighted by Crippen LogP contribution is 2.16. The minimum absolute atomic E-state index is 0.173. The quantitative estimate of drug-likeness (QED) is 0.0385. The van der Waals surface area contributed by atoms with Crippen LogP contribution in [-0.2, 0) is 14.3 Å². The number of ether oxygens (including phenoxy) is 2. The lowest BCUT2D eigenvalue weighted by Crippen LogP contribution is -2.27. The van der Waals surface area contributed by atoms with Crippen molar-refractivity contribution in [1.82, 2.24) is 0 Å². The topological polar surface area (TPSA) is 55.8 Å². The SMILES string of the molecule is CCCCC/C=C\C/C=C\CCCCCCCC(=O)OC(CO)COCCCCCCCCCCCCCCCCCCCCCCCCCCC. The van der Waals surface area contributed by atoms with E-state index >= 15 is 0 Å². The molecule has 0 spiro atoms. The summed E-state index contributed by atoms with van der Waals surface area (Å²) >= 11 is 0. The maximum absolute atomic E-state index is 12.2. The van der Waals surface area contributed by atoms with Gasteiger partial charge in [-0.3, -0.25) is 4.79 Å². The molecule has 1 N–H and O–H groups in total. The monoisotopic (exact) mass is 733 g/mol. The van der Waals surface area contributed by atoms with Crippen LogP contribution in [0.2, 0.25) is 0 Å². The van der Waals surface area contributed by atoms with Gasteiger partial charge in [-0.15, -0.1) is 0 Å². The Hall–Kier alpha value is -1.13. The molecule has 4 heteroatoms. The van der Waals surface area contributed by atoms with Crippen molar-refractivity contribution >= 4 is 5.97 Å². The fourth-order valence-corrected chi connectivity index (χ4v) is 7.01. The van der Waals surface area contributed by atoms with Gasteiger partial charge in [0.1, 0.15) is 6.10 Å². The van der Waals surface area contributed by atoms with Crippen LogP contribution in [0.1, 0.15) is 251 Å². The summed E-state index contributed by atoms with van der Waals surface area (Å²) in [5, 5.41) is 9.61. The van der Waals surface area contributed by atoms with Gasteiger partial charge in [0.25, 0.3) is 0 Å². The average molecular weight is 733 g/mol. The number of carbonyl (C=O) groups is 1. The highest BCUT2D eigenvalue weighted by atomic mass is 16.6. The van der Waals surface area contributed by atoms with Crippen molar-refractivity contribution in [2.24, 2.45) is 0 Å². The molecule has 1 unspecified atom stereocenters. The Kier molecular flexibility index (Phi) is 45.0. The highest BCUT2D eigenvalue weighted by molar-refractivity contribution is 5.69. The third-order valence-electron chi connectivity index (χ3n) is 10.5. The van der Waals surface area contributed by atoms with Crippen LogP contribution in [0.4, 0.5) is 0 Å². The molecule has 0 aromatic carbocycles. The van der Waals surface area contributed by atoms with Crippen molar-refractivity contribution in [3.8, 4) is 0 Å². The van der Waals surface area contributed by atoms with E-state index in [0.717, 1.165) is 38.5 Å². The lowest BCUT2D eigenvalue weighted by Gasteiger charge is -2.15. The summed E-state index contributed by atoms with van der Waals surface area (Å²) in [7, 11) is 0. The number of aliphatic hydroxyl groups is 1. The zero-order valence-electron chi connectivity index (χ0n) is 35.3. The van der Waals surface area contributed by atoms with Gasteiger partial charge >= 0.3 is 5.97 Å². The fraction of sp³-hybridized carbons (Fsp3) is 0.896. The molecule has 0 aromatic heterocycles. The standard InChI is InChI=1S/C48H92O4/c1-3-5-7-9-11-13-15-17-19-20-21-22-23-24-25-26-27-28-30-32-34-36-38-40-42-44-51-46-47(45-49)52-48(50)43-41-39-37-35-33-31-29-18-16-14-12-10-8-6-4-2/h12,14,18,29,47,49H,3-11,13,15-17,19-28,30-46H2,1-2H3/b14-12-,29-18-. The van der Waals surface area contributed by atoms with Crippen LogP contribution in [0.5, 0.6) is 0 Å². The molecule has 0 fully saturated rings. The molecule has 0 aromatic rings. The molecule has 0 radical (unpaired) electrons. The molecule has 0 bridgehead atoms. The van der Waals surface area contributed by atoms with Crippen LogP contribution in [-0.4, -0.2) is 37.0 Å². The van der Waals surface area contributed by atoms with Crippen molar-refractivity contribution < 1.29 is 19.4 Å². The van der Waals surface area contributed by atoms with Gasteiger partial charge in [0.05, 0.1) is 13.2 Å². The van der Waals surface area contributed by atoms with E-state index in [9.17, 15) is 9.90 Å². The van der Waals surface area contributed by atoms with E-state index in [4.69, 9.17) is 9.47 Å². The second-order valence-electron chi connectivity index (χ2n) is 15.8. The predicted molar refractivity (Wildman–Crippen MR) is 228 cm³/mol. The second-order valence-corrected chi connectivity index (χ2v) is 15.8. The first-order valence-electron chi connectivity index (χ1n) is 23.4. The van der Waals surface area contributed by atoms with E-state index in [0.29, 0.717) is 19.6 Å². The lowest BCUT2D eigenvalue weighted by molar-refractivity contribution is -0.154. The van der Waals surface area contributed by atoms with Crippen LogP contribution in [0.15, 0.2) is 24.3 Å². The summed E-state index contributed by atoms with van der Waals surface area (Å²) in [6.07, 6.45) is 56.9. The molecule has 308 valence electrons. The molecule has 0 saturated carbocycles. The molecule has 0 heterocycles. The van der Waals surface area contributed by atoms with Crippen LogP contribution < -0.4 is 0 Å². The molecule has 0 rings (SSSR count). The first kappa shape index (κ1) is 50.9. The molecule has 0 aliphatic rings. The maximum atomic E-state index is 12.2. The van der Waals surface area contributed by atoms with Gasteiger partial charge in [-0.2, -0.15) is 0 Å². The summed E-state index contributed by atoms with van der Waals surface area (Å²) in [4.78, 5) is 12.2. The molecular formula is C48H92O4. The maximum Gasteiger partial charge on any atom is 0.306 e. The molecule has 0 aliphatic heterocycles. The number of esters is 1. The summed E-state index contributed by atoms with van der Waals surface area (Å²) in [6, 6.07) is 0. The highest BCUT2D eigenvalue weighted by Gasteiger charge is 2.13. The largest absolute Gasteiger partial charge is 0.457 e. The first-order valence-corrected chi connectivity index (χ1v) is 23.4.